The number of alkyl halides is 2. The van der Waals surface area contributed by atoms with Gasteiger partial charge in [-0.05, 0) is 45.8 Å². The average molecular weight is 424 g/mol. The van der Waals surface area contributed by atoms with Gasteiger partial charge in [-0.2, -0.15) is 20.5 Å². The van der Waals surface area contributed by atoms with E-state index in [0.717, 1.165) is 17.0 Å². The summed E-state index contributed by atoms with van der Waals surface area (Å²) >= 11 is 4.81. The average Bonchev–Trinajstić information content (AvgIpc) is 2.51. The summed E-state index contributed by atoms with van der Waals surface area (Å²) in [4.78, 5) is 13.3. The van der Waals surface area contributed by atoms with E-state index < -0.39 is 13.8 Å². The highest BCUT2D eigenvalue weighted by Gasteiger charge is 2.34. The monoisotopic (exact) mass is 423 g/mol. The minimum atomic E-state index is -4.97. The van der Waals surface area contributed by atoms with Crippen molar-refractivity contribution in [2.45, 2.75) is 17.7 Å². The molecule has 0 aliphatic rings. The van der Waals surface area contributed by atoms with E-state index in [2.05, 4.69) is 25.4 Å². The molecule has 2 rings (SSSR count). The van der Waals surface area contributed by atoms with Crippen molar-refractivity contribution < 1.29 is 22.8 Å². The van der Waals surface area contributed by atoms with Crippen molar-refractivity contribution in [3.8, 4) is 5.75 Å². The summed E-state index contributed by atoms with van der Waals surface area (Å²) in [6.07, 6.45) is -1.71. The van der Waals surface area contributed by atoms with Crippen molar-refractivity contribution in [2.24, 2.45) is 0 Å². The highest BCUT2D eigenvalue weighted by Crippen LogP contribution is 2.50. The van der Waals surface area contributed by atoms with E-state index in [9.17, 15) is 13.3 Å². The summed E-state index contributed by atoms with van der Waals surface area (Å²) in [6, 6.07) is 10.4. The van der Waals surface area contributed by atoms with Gasteiger partial charge in [-0.1, -0.05) is 12.1 Å². The molecular weight excluding hydrogens is 411 g/mol. The quantitative estimate of drug-likeness (QED) is 0.630. The van der Waals surface area contributed by atoms with E-state index >= 15 is 0 Å². The van der Waals surface area contributed by atoms with E-state index in [4.69, 9.17) is 4.89 Å². The standard InChI is InChI=1S/C14H13BrF2NO3PS/c15-12-7-10(8-23-9-11-3-1-2-6-18-11)4-5-13(12)21-22(19,20)14(16)17/h1-7,14H,8-9H2,(H,19,20). The first kappa shape index (κ1) is 18.4. The number of hydrogen-bond acceptors (Lipinski definition) is 4. The molecule has 1 aromatic carbocycles. The fourth-order valence-electron chi connectivity index (χ4n) is 1.65. The van der Waals surface area contributed by atoms with Crippen LogP contribution in [0, 0.1) is 0 Å². The maximum Gasteiger partial charge on any atom is 0.442 e. The molecule has 1 N–H and O–H groups in total. The Morgan fingerprint density at radius 2 is 2.09 bits per heavy atom. The Labute approximate surface area is 144 Å². The Morgan fingerprint density at radius 3 is 2.70 bits per heavy atom. The summed E-state index contributed by atoms with van der Waals surface area (Å²) in [6.45, 7) is 0. The number of thioether (sulfide) groups is 1. The molecule has 124 valence electrons. The second-order valence-electron chi connectivity index (χ2n) is 4.51. The molecular formula is C14H13BrF2NO3PS. The smallest absolute Gasteiger partial charge is 0.420 e. The Bertz CT molecular complexity index is 706. The minimum absolute atomic E-state index is 0.0883. The van der Waals surface area contributed by atoms with Crippen LogP contribution < -0.4 is 4.52 Å². The summed E-state index contributed by atoms with van der Waals surface area (Å²) in [5.74, 6) is 1.34. The van der Waals surface area contributed by atoms with Gasteiger partial charge in [-0.25, -0.2) is 4.57 Å². The maximum atomic E-state index is 12.4. The Morgan fingerprint density at radius 1 is 1.30 bits per heavy atom. The first-order chi connectivity index (χ1) is 10.9. The van der Waals surface area contributed by atoms with Gasteiger partial charge in [0.25, 0.3) is 0 Å². The molecule has 0 saturated heterocycles. The van der Waals surface area contributed by atoms with Crippen molar-refractivity contribution >= 4 is 35.3 Å². The zero-order valence-electron chi connectivity index (χ0n) is 11.7. The van der Waals surface area contributed by atoms with Crippen molar-refractivity contribution in [3.05, 3.63) is 58.3 Å². The lowest BCUT2D eigenvalue weighted by molar-refractivity contribution is 0.188. The van der Waals surface area contributed by atoms with E-state index in [1.165, 1.54) is 6.07 Å². The van der Waals surface area contributed by atoms with E-state index in [1.807, 2.05) is 18.2 Å². The summed E-state index contributed by atoms with van der Waals surface area (Å²) in [7, 11) is -4.97. The molecule has 1 atom stereocenters. The predicted molar refractivity (Wildman–Crippen MR) is 89.8 cm³/mol. The van der Waals surface area contributed by atoms with Crippen LogP contribution in [0.5, 0.6) is 5.75 Å². The SMILES string of the molecule is O=P(O)(Oc1ccc(CSCc2ccccn2)cc1Br)C(F)F. The number of halogens is 3. The summed E-state index contributed by atoms with van der Waals surface area (Å²) < 4.78 is 40.8. The van der Waals surface area contributed by atoms with Gasteiger partial charge < -0.3 is 9.42 Å². The first-order valence-corrected chi connectivity index (χ1v) is 10.0. The molecule has 0 aliphatic heterocycles. The molecule has 1 unspecified atom stereocenters. The van der Waals surface area contributed by atoms with Crippen molar-refractivity contribution in [3.63, 3.8) is 0 Å². The van der Waals surface area contributed by atoms with Crippen LogP contribution in [0.25, 0.3) is 0 Å². The Kier molecular flexibility index (Phi) is 6.59. The molecule has 1 aromatic heterocycles. The third kappa shape index (κ3) is 5.57. The molecule has 0 aliphatic carbocycles. The molecule has 4 nitrogen and oxygen atoms in total. The van der Waals surface area contributed by atoms with E-state index in [1.54, 1.807) is 30.1 Å². The zero-order valence-corrected chi connectivity index (χ0v) is 15.0. The van der Waals surface area contributed by atoms with Crippen LogP contribution in [0.3, 0.4) is 0 Å². The summed E-state index contributed by atoms with van der Waals surface area (Å²) in [5.41, 5.74) is 1.89. The minimum Gasteiger partial charge on any atom is -0.420 e. The molecule has 0 fully saturated rings. The molecule has 23 heavy (non-hydrogen) atoms. The third-order valence-electron chi connectivity index (χ3n) is 2.72. The maximum absolute atomic E-state index is 12.4. The number of benzene rings is 1. The van der Waals surface area contributed by atoms with Gasteiger partial charge in [0.2, 0.25) is 0 Å². The van der Waals surface area contributed by atoms with Gasteiger partial charge in [0.1, 0.15) is 5.75 Å². The normalized spacial score (nSPS) is 13.8. The van der Waals surface area contributed by atoms with E-state index in [0.29, 0.717) is 10.2 Å². The van der Waals surface area contributed by atoms with Gasteiger partial charge in [-0.3, -0.25) is 4.98 Å². The number of aromatic nitrogens is 1. The third-order valence-corrected chi connectivity index (χ3v) is 5.33. The van der Waals surface area contributed by atoms with Gasteiger partial charge in [-0.15, -0.1) is 0 Å². The fraction of sp³-hybridized carbons (Fsp3) is 0.214. The van der Waals surface area contributed by atoms with Crippen molar-refractivity contribution in [1.29, 1.82) is 0 Å². The topological polar surface area (TPSA) is 59.4 Å². The molecule has 2 aromatic rings. The lowest BCUT2D eigenvalue weighted by atomic mass is 10.2. The van der Waals surface area contributed by atoms with Crippen LogP contribution in [-0.2, 0) is 16.1 Å². The van der Waals surface area contributed by atoms with Crippen LogP contribution in [-0.4, -0.2) is 16.0 Å². The molecule has 0 amide bonds. The van der Waals surface area contributed by atoms with E-state index in [-0.39, 0.29) is 5.75 Å². The highest BCUT2D eigenvalue weighted by molar-refractivity contribution is 9.10. The molecule has 9 heteroatoms. The number of rotatable bonds is 7. The van der Waals surface area contributed by atoms with Crippen LogP contribution in [0.15, 0.2) is 47.1 Å². The van der Waals surface area contributed by atoms with Gasteiger partial charge in [0, 0.05) is 17.7 Å². The van der Waals surface area contributed by atoms with Crippen LogP contribution in [0.4, 0.5) is 8.78 Å². The lowest BCUT2D eigenvalue weighted by Gasteiger charge is -2.14. The second-order valence-corrected chi connectivity index (χ2v) is 8.05. The van der Waals surface area contributed by atoms with Gasteiger partial charge in [0.05, 0.1) is 10.2 Å². The van der Waals surface area contributed by atoms with Crippen LogP contribution >= 0.6 is 35.3 Å². The van der Waals surface area contributed by atoms with Crippen molar-refractivity contribution in [1.82, 2.24) is 4.98 Å². The van der Waals surface area contributed by atoms with Crippen LogP contribution in [0.2, 0.25) is 0 Å². The van der Waals surface area contributed by atoms with Gasteiger partial charge in [0.15, 0.2) is 0 Å². The first-order valence-electron chi connectivity index (χ1n) is 6.45. The predicted octanol–water partition coefficient (Wildman–Crippen LogP) is 5.06. The Hall–Kier alpha value is -0.950. The van der Waals surface area contributed by atoms with Crippen LogP contribution in [0.1, 0.15) is 11.3 Å². The molecule has 0 saturated carbocycles. The Balaban J connectivity index is 1.95. The second kappa shape index (κ2) is 8.24. The molecule has 1 heterocycles. The molecule has 0 bridgehead atoms. The lowest BCUT2D eigenvalue weighted by Crippen LogP contribution is -2.01. The zero-order chi connectivity index (χ0) is 16.9. The summed E-state index contributed by atoms with van der Waals surface area (Å²) in [5, 5.41) is 0. The number of nitrogens with zero attached hydrogens (tertiary/aromatic N) is 1. The largest absolute Gasteiger partial charge is 0.442 e. The molecule has 0 radical (unpaired) electrons. The van der Waals surface area contributed by atoms with Gasteiger partial charge >= 0.3 is 13.8 Å². The number of pyridine rings is 1. The number of hydrogen-bond donors (Lipinski definition) is 1. The highest BCUT2D eigenvalue weighted by atomic mass is 79.9. The fourth-order valence-corrected chi connectivity index (χ4v) is 3.70. The van der Waals surface area contributed by atoms with Crippen molar-refractivity contribution in [2.75, 3.05) is 0 Å². The molecule has 0 spiro atoms.